The maximum atomic E-state index is 14.4. The number of hydrogen-bond acceptors (Lipinski definition) is 2. The summed E-state index contributed by atoms with van der Waals surface area (Å²) in [7, 11) is 0. The summed E-state index contributed by atoms with van der Waals surface area (Å²) in [5, 5.41) is 13.8. The van der Waals surface area contributed by atoms with Gasteiger partial charge in [0.15, 0.2) is 0 Å². The van der Waals surface area contributed by atoms with Crippen LogP contribution >= 0.6 is 0 Å². The van der Waals surface area contributed by atoms with Gasteiger partial charge >= 0.3 is 12.4 Å². The van der Waals surface area contributed by atoms with E-state index >= 15 is 0 Å². The number of hydrogen-bond donors (Lipinski definition) is 0. The fraction of sp³-hybridized carbons (Fsp3) is 0.0769. The molecule has 0 atom stereocenters. The second-order valence-electron chi connectivity index (χ2n) is 15.5. The summed E-state index contributed by atoms with van der Waals surface area (Å²) in [6, 6.07) is 46.5. The lowest BCUT2D eigenvalue weighted by molar-refractivity contribution is -0.138. The molecule has 302 valence electrons. The number of benzene rings is 7. The number of pyridine rings is 1. The van der Waals surface area contributed by atoms with Crippen molar-refractivity contribution in [3.63, 3.8) is 0 Å². The van der Waals surface area contributed by atoms with Crippen molar-refractivity contribution in [2.75, 3.05) is 0 Å². The van der Waals surface area contributed by atoms with Crippen molar-refractivity contribution in [3.8, 4) is 51.0 Å². The Kier molecular flexibility index (Phi) is 8.85. The molecule has 4 nitrogen and oxygen atoms in total. The lowest BCUT2D eigenvalue weighted by Crippen LogP contribution is -2.07. The molecule has 3 aromatic heterocycles. The van der Waals surface area contributed by atoms with Gasteiger partial charge in [-0.15, -0.1) is 0 Å². The van der Waals surface area contributed by atoms with Crippen molar-refractivity contribution in [1.82, 2.24) is 14.1 Å². The summed E-state index contributed by atoms with van der Waals surface area (Å²) in [5.74, 6) is 0.559. The maximum Gasteiger partial charge on any atom is 0.417 e. The molecule has 0 fully saturated rings. The summed E-state index contributed by atoms with van der Waals surface area (Å²) >= 11 is 0. The second kappa shape index (κ2) is 14.2. The van der Waals surface area contributed by atoms with Crippen molar-refractivity contribution in [2.45, 2.75) is 26.2 Å². The first kappa shape index (κ1) is 38.6. The van der Waals surface area contributed by atoms with Gasteiger partial charge in [-0.3, -0.25) is 4.57 Å². The van der Waals surface area contributed by atoms with Crippen LogP contribution in [0.3, 0.4) is 0 Å². The van der Waals surface area contributed by atoms with Gasteiger partial charge in [0.05, 0.1) is 56.7 Å². The maximum absolute atomic E-state index is 14.4. The zero-order chi connectivity index (χ0) is 43.1. The van der Waals surface area contributed by atoms with E-state index in [1.54, 1.807) is 50.4 Å². The molecule has 3 heterocycles. The fourth-order valence-electron chi connectivity index (χ4n) is 8.86. The van der Waals surface area contributed by atoms with Gasteiger partial charge in [-0.25, -0.2) is 4.98 Å². The Labute approximate surface area is 351 Å². The van der Waals surface area contributed by atoms with Gasteiger partial charge in [-0.1, -0.05) is 90.5 Å². The SMILES string of the molecule is Cc1ccc(-c2ccc3c(c2)c2ccccc2n3-c2cnc(-n3c4ccccc4c4cc(-c5ccc(C(F)(F)F)cc5C)ccc43)cc2-c2ccccc2C#N)c(C(F)(F)F)c1. The molecule has 7 aromatic carbocycles. The van der Waals surface area contributed by atoms with Gasteiger partial charge in [-0.05, 0) is 108 Å². The topological polar surface area (TPSA) is 46.5 Å². The summed E-state index contributed by atoms with van der Waals surface area (Å²) < 4.78 is 87.8. The first-order chi connectivity index (χ1) is 29.8. The van der Waals surface area contributed by atoms with Gasteiger partial charge in [0, 0.05) is 32.7 Å². The molecule has 0 spiro atoms. The Morgan fingerprint density at radius 3 is 1.73 bits per heavy atom. The van der Waals surface area contributed by atoms with Gasteiger partial charge in [-0.2, -0.15) is 31.6 Å². The molecule has 10 rings (SSSR count). The molecular weight excluding hydrogens is 795 g/mol. The summed E-state index contributed by atoms with van der Waals surface area (Å²) in [5.41, 5.74) is 7.24. The van der Waals surface area contributed by atoms with Crippen LogP contribution in [-0.4, -0.2) is 14.1 Å². The number of halogens is 6. The minimum absolute atomic E-state index is 0.0873. The van der Waals surface area contributed by atoms with Crippen LogP contribution in [0, 0.1) is 25.2 Å². The highest BCUT2D eigenvalue weighted by atomic mass is 19.4. The van der Waals surface area contributed by atoms with E-state index in [0.717, 1.165) is 55.2 Å². The number of nitriles is 1. The van der Waals surface area contributed by atoms with E-state index in [1.807, 2.05) is 100 Å². The molecule has 62 heavy (non-hydrogen) atoms. The molecule has 0 aliphatic rings. The number of para-hydroxylation sites is 2. The van der Waals surface area contributed by atoms with Crippen molar-refractivity contribution in [2.24, 2.45) is 0 Å². The van der Waals surface area contributed by atoms with Crippen LogP contribution in [0.1, 0.15) is 27.8 Å². The second-order valence-corrected chi connectivity index (χ2v) is 15.5. The molecule has 0 saturated carbocycles. The Morgan fingerprint density at radius 1 is 0.500 bits per heavy atom. The number of rotatable bonds is 5. The Balaban J connectivity index is 1.20. The first-order valence-electron chi connectivity index (χ1n) is 19.7. The minimum Gasteiger partial charge on any atom is -0.307 e. The average molecular weight is 827 g/mol. The summed E-state index contributed by atoms with van der Waals surface area (Å²) in [6.45, 7) is 3.32. The highest BCUT2D eigenvalue weighted by molar-refractivity contribution is 6.12. The van der Waals surface area contributed by atoms with Crippen LogP contribution in [0.25, 0.3) is 88.5 Å². The van der Waals surface area contributed by atoms with Gasteiger partial charge in [0.1, 0.15) is 5.82 Å². The van der Waals surface area contributed by atoms with E-state index < -0.39 is 23.5 Å². The Hall–Kier alpha value is -7.64. The predicted molar refractivity (Wildman–Crippen MR) is 233 cm³/mol. The third kappa shape index (κ3) is 6.28. The zero-order valence-corrected chi connectivity index (χ0v) is 33.1. The van der Waals surface area contributed by atoms with Crippen LogP contribution in [0.4, 0.5) is 26.3 Å². The van der Waals surface area contributed by atoms with E-state index in [2.05, 4.69) is 6.07 Å². The quantitative estimate of drug-likeness (QED) is 0.162. The standard InChI is InChI=1S/C52H32F6N4/c1-30-15-19-38(44(23-30)52(56,57)58)33-17-21-47-41(26-33)39-11-5-7-13-45(39)61(47)49-29-60-50(27-43(49)37-10-4-3-9-34(37)28-59)62-46-14-8-6-12-40(46)42-25-32(16-22-48(42)62)36-20-18-35(24-31(36)2)51(53,54)55/h3-27,29H,1-2H3. The van der Waals surface area contributed by atoms with Gasteiger partial charge in [0.25, 0.3) is 0 Å². The average Bonchev–Trinajstić information content (AvgIpc) is 3.77. The Morgan fingerprint density at radius 2 is 1.08 bits per heavy atom. The molecular formula is C52H32F6N4. The molecule has 0 N–H and O–H groups in total. The highest BCUT2D eigenvalue weighted by Crippen LogP contribution is 2.43. The predicted octanol–water partition coefficient (Wildman–Crippen LogP) is 14.8. The van der Waals surface area contributed by atoms with Crippen LogP contribution in [0.5, 0.6) is 0 Å². The number of fused-ring (bicyclic) bond motifs is 6. The normalized spacial score (nSPS) is 12.2. The summed E-state index contributed by atoms with van der Waals surface area (Å²) in [6.07, 6.45) is -7.24. The molecule has 0 aliphatic heterocycles. The smallest absolute Gasteiger partial charge is 0.307 e. The molecule has 0 unspecified atom stereocenters. The van der Waals surface area contributed by atoms with Crippen molar-refractivity contribution >= 4 is 43.6 Å². The molecule has 10 aromatic rings. The molecule has 10 heteroatoms. The van der Waals surface area contributed by atoms with Crippen LogP contribution in [0.2, 0.25) is 0 Å². The number of aryl methyl sites for hydroxylation is 2. The molecule has 0 saturated heterocycles. The summed E-state index contributed by atoms with van der Waals surface area (Å²) in [4.78, 5) is 5.10. The fourth-order valence-corrected chi connectivity index (χ4v) is 8.86. The molecule has 0 radical (unpaired) electrons. The van der Waals surface area contributed by atoms with Gasteiger partial charge < -0.3 is 4.57 Å². The minimum atomic E-state index is -4.55. The Bertz CT molecular complexity index is 3490. The monoisotopic (exact) mass is 826 g/mol. The molecule has 0 aliphatic carbocycles. The number of alkyl halides is 6. The van der Waals surface area contributed by atoms with Crippen molar-refractivity contribution in [1.29, 1.82) is 5.26 Å². The third-order valence-electron chi connectivity index (χ3n) is 11.7. The van der Waals surface area contributed by atoms with Crippen LogP contribution in [-0.2, 0) is 12.4 Å². The van der Waals surface area contributed by atoms with E-state index in [-0.39, 0.29) is 5.56 Å². The largest absolute Gasteiger partial charge is 0.417 e. The highest BCUT2D eigenvalue weighted by Gasteiger charge is 2.34. The van der Waals surface area contributed by atoms with Crippen molar-refractivity contribution in [3.05, 3.63) is 186 Å². The number of aromatic nitrogens is 3. The van der Waals surface area contributed by atoms with Gasteiger partial charge in [0.2, 0.25) is 0 Å². The number of nitrogens with zero attached hydrogens (tertiary/aromatic N) is 4. The van der Waals surface area contributed by atoms with Crippen LogP contribution < -0.4 is 0 Å². The lowest BCUT2D eigenvalue weighted by atomic mass is 9.96. The van der Waals surface area contributed by atoms with E-state index in [9.17, 15) is 31.6 Å². The van der Waals surface area contributed by atoms with E-state index in [4.69, 9.17) is 4.98 Å². The lowest BCUT2D eigenvalue weighted by Gasteiger charge is -2.17. The van der Waals surface area contributed by atoms with E-state index in [1.165, 1.54) is 24.3 Å². The molecule has 0 amide bonds. The molecule has 0 bridgehead atoms. The van der Waals surface area contributed by atoms with Crippen molar-refractivity contribution < 1.29 is 26.3 Å². The van der Waals surface area contributed by atoms with E-state index in [0.29, 0.717) is 50.4 Å². The van der Waals surface area contributed by atoms with Crippen LogP contribution in [0.15, 0.2) is 158 Å². The zero-order valence-electron chi connectivity index (χ0n) is 33.1. The third-order valence-corrected chi connectivity index (χ3v) is 11.7. The first-order valence-corrected chi connectivity index (χ1v) is 19.7.